The number of fused-ring (bicyclic) bond motifs is 12. The Kier molecular flexibility index (Phi) is 7.49. The fourth-order valence-corrected chi connectivity index (χ4v) is 8.12. The fourth-order valence-electron chi connectivity index (χ4n) is 8.12. The molecule has 6 nitrogen and oxygen atoms in total. The van der Waals surface area contributed by atoms with Gasteiger partial charge >= 0.3 is 21.1 Å². The number of hydrogen-bond donors (Lipinski definition) is 0. The van der Waals surface area contributed by atoms with Gasteiger partial charge in [0.05, 0.1) is 11.3 Å². The van der Waals surface area contributed by atoms with E-state index in [0.717, 1.165) is 54.6 Å². The Labute approximate surface area is 314 Å². The molecule has 10 aromatic rings. The molecule has 5 aromatic carbocycles. The number of hydrogen-bond acceptors (Lipinski definition) is 4. The van der Waals surface area contributed by atoms with Gasteiger partial charge in [0.15, 0.2) is 0 Å². The number of aryl methyl sites for hydroxylation is 4. The van der Waals surface area contributed by atoms with Crippen LogP contribution in [0.1, 0.15) is 22.3 Å². The molecule has 0 amide bonds. The second-order valence-corrected chi connectivity index (χ2v) is 13.4. The molecule has 0 unspecified atom stereocenters. The maximum absolute atomic E-state index is 6.55. The van der Waals surface area contributed by atoms with Crippen LogP contribution in [0.25, 0.3) is 76.9 Å². The Morgan fingerprint density at radius 3 is 1.77 bits per heavy atom. The molecule has 0 saturated heterocycles. The average molecular weight is 853 g/mol. The van der Waals surface area contributed by atoms with Gasteiger partial charge in [0.1, 0.15) is 0 Å². The predicted molar refractivity (Wildman–Crippen MR) is 206 cm³/mol. The molecule has 0 spiro atoms. The molecule has 0 N–H and O–H groups in total. The summed E-state index contributed by atoms with van der Waals surface area (Å²) in [5.41, 5.74) is 13.7. The quantitative estimate of drug-likeness (QED) is 0.131. The van der Waals surface area contributed by atoms with Gasteiger partial charge in [-0.3, -0.25) is 15.0 Å². The molecule has 0 atom stereocenters. The Balaban J connectivity index is 0.00000360. The van der Waals surface area contributed by atoms with Crippen LogP contribution in [-0.4, -0.2) is 23.8 Å². The van der Waals surface area contributed by atoms with E-state index in [1.807, 2.05) is 49.2 Å². The van der Waals surface area contributed by atoms with Crippen LogP contribution < -0.4 is 4.74 Å². The van der Waals surface area contributed by atoms with E-state index in [1.54, 1.807) is 6.20 Å². The summed E-state index contributed by atoms with van der Waals surface area (Å²) in [5.74, 6) is 1.17. The van der Waals surface area contributed by atoms with Gasteiger partial charge in [-0.25, -0.2) is 0 Å². The minimum atomic E-state index is 0. The zero-order valence-electron chi connectivity index (χ0n) is 28.9. The Morgan fingerprint density at radius 2 is 1.12 bits per heavy atom. The third-order valence-corrected chi connectivity index (χ3v) is 10.3. The molecule has 7 heteroatoms. The molecule has 0 fully saturated rings. The second kappa shape index (κ2) is 12.1. The van der Waals surface area contributed by atoms with Gasteiger partial charge in [-0.2, -0.15) is 0 Å². The minimum absolute atomic E-state index is 0. The van der Waals surface area contributed by atoms with Gasteiger partial charge in [-0.05, 0) is 95.1 Å². The number of benzene rings is 5. The first-order valence-electron chi connectivity index (χ1n) is 17.1. The number of imidazole rings is 2. The van der Waals surface area contributed by atoms with Gasteiger partial charge in [0.2, 0.25) is 0 Å². The number of ether oxygens (including phenoxy) is 1. The second-order valence-electron chi connectivity index (χ2n) is 13.4. The van der Waals surface area contributed by atoms with Crippen LogP contribution in [0.4, 0.5) is 0 Å². The van der Waals surface area contributed by atoms with Crippen LogP contribution in [0.2, 0.25) is 0 Å². The van der Waals surface area contributed by atoms with Crippen molar-refractivity contribution in [2.24, 2.45) is 0 Å². The van der Waals surface area contributed by atoms with Gasteiger partial charge in [0, 0.05) is 59.7 Å². The van der Waals surface area contributed by atoms with Crippen molar-refractivity contribution in [3.8, 4) is 33.8 Å². The van der Waals surface area contributed by atoms with Crippen molar-refractivity contribution in [3.05, 3.63) is 150 Å². The summed E-state index contributed by atoms with van der Waals surface area (Å²) in [6.07, 6.45) is 11.4. The summed E-state index contributed by atoms with van der Waals surface area (Å²) in [6, 6.07) is 35.0. The zero-order chi connectivity index (χ0) is 34.4. The monoisotopic (exact) mass is 852 g/mol. The Bertz CT molecular complexity index is 3030. The third kappa shape index (κ3) is 4.71. The molecule has 0 aliphatic heterocycles. The van der Waals surface area contributed by atoms with E-state index in [-0.39, 0.29) is 21.1 Å². The van der Waals surface area contributed by atoms with E-state index in [9.17, 15) is 0 Å². The smallest absolute Gasteiger partial charge is 0.497 e. The number of aromatic nitrogens is 5. The van der Waals surface area contributed by atoms with Crippen molar-refractivity contribution in [1.82, 2.24) is 23.8 Å². The van der Waals surface area contributed by atoms with E-state index in [0.29, 0.717) is 11.5 Å². The predicted octanol–water partition coefficient (Wildman–Crippen LogP) is 10.9. The maximum Gasteiger partial charge on any atom is 2.00 e. The molecule has 0 radical (unpaired) electrons. The van der Waals surface area contributed by atoms with Gasteiger partial charge < -0.3 is 13.5 Å². The van der Waals surface area contributed by atoms with Crippen molar-refractivity contribution in [3.63, 3.8) is 0 Å². The van der Waals surface area contributed by atoms with E-state index in [4.69, 9.17) is 9.72 Å². The SMILES string of the molecule is Cc1cccc(C)c1-c1ccc2c(c1-c1c(C)cccc1C)c1ccc(Oc3[c-]c4c(cc3)c3cnccc3n3ccnc43)[c-]c1c1nccn21.[Pt+2]. The van der Waals surface area contributed by atoms with E-state index >= 15 is 0 Å². The molecular formula is C45H31N5OPt. The van der Waals surface area contributed by atoms with Crippen LogP contribution in [0, 0.1) is 39.8 Å². The number of nitrogens with zero attached hydrogens (tertiary/aromatic N) is 5. The molecule has 5 heterocycles. The summed E-state index contributed by atoms with van der Waals surface area (Å²) in [7, 11) is 0. The van der Waals surface area contributed by atoms with Crippen LogP contribution >= 0.6 is 0 Å². The topological polar surface area (TPSA) is 56.7 Å². The largest absolute Gasteiger partial charge is 2.00 e. The molecule has 0 aliphatic rings. The van der Waals surface area contributed by atoms with Crippen LogP contribution in [-0.2, 0) is 21.1 Å². The zero-order valence-corrected chi connectivity index (χ0v) is 31.2. The molecule has 0 aliphatic carbocycles. The molecule has 52 heavy (non-hydrogen) atoms. The summed E-state index contributed by atoms with van der Waals surface area (Å²) < 4.78 is 10.8. The van der Waals surface area contributed by atoms with Crippen LogP contribution in [0.5, 0.6) is 11.5 Å². The summed E-state index contributed by atoms with van der Waals surface area (Å²) in [5, 5.41) is 6.06. The standard InChI is InChI=1S/C45H31N5O.Pt/c1-26-7-5-8-27(2)40(26)34-15-16-39-42(43(34)41-28(3)9-6-10-29(41)4)33-14-12-31(24-36(33)45-48-20-22-50(39)45)51-30-11-13-32-35(23-30)44-47-19-21-49(44)38-17-18-46-25-37(32)38;/h5-22,25H,1-4H3;/q-2;+2. The van der Waals surface area contributed by atoms with Crippen molar-refractivity contribution >= 4 is 54.6 Å². The van der Waals surface area contributed by atoms with Gasteiger partial charge in [0.25, 0.3) is 0 Å². The maximum atomic E-state index is 6.55. The first kappa shape index (κ1) is 32.1. The Hall–Kier alpha value is -5.84. The Morgan fingerprint density at radius 1 is 0.538 bits per heavy atom. The first-order chi connectivity index (χ1) is 25.0. The molecule has 5 aromatic heterocycles. The molecular weight excluding hydrogens is 822 g/mol. The van der Waals surface area contributed by atoms with Crippen molar-refractivity contribution in [2.75, 3.05) is 0 Å². The van der Waals surface area contributed by atoms with E-state index < -0.39 is 0 Å². The van der Waals surface area contributed by atoms with Crippen molar-refractivity contribution in [2.45, 2.75) is 27.7 Å². The molecule has 10 rings (SSSR count). The van der Waals surface area contributed by atoms with Crippen LogP contribution in [0.15, 0.2) is 116 Å². The van der Waals surface area contributed by atoms with Gasteiger partial charge in [-0.15, -0.1) is 12.1 Å². The average Bonchev–Trinajstić information content (AvgIpc) is 3.84. The summed E-state index contributed by atoms with van der Waals surface area (Å²) in [4.78, 5) is 13.9. The van der Waals surface area contributed by atoms with E-state index in [2.05, 4.69) is 119 Å². The normalized spacial score (nSPS) is 11.7. The molecule has 0 bridgehead atoms. The number of rotatable bonds is 4. The number of pyridine rings is 3. The summed E-state index contributed by atoms with van der Waals surface area (Å²) >= 11 is 0. The molecule has 0 saturated carbocycles. The first-order valence-corrected chi connectivity index (χ1v) is 17.1. The van der Waals surface area contributed by atoms with E-state index in [1.165, 1.54) is 44.5 Å². The third-order valence-electron chi connectivity index (χ3n) is 10.3. The van der Waals surface area contributed by atoms with Crippen molar-refractivity contribution < 1.29 is 25.8 Å². The molecule has 252 valence electrons. The fraction of sp³-hybridized carbons (Fsp3) is 0.0889. The van der Waals surface area contributed by atoms with Gasteiger partial charge in [-0.1, -0.05) is 88.3 Å². The van der Waals surface area contributed by atoms with Crippen molar-refractivity contribution in [1.29, 1.82) is 0 Å². The van der Waals surface area contributed by atoms with Crippen LogP contribution in [0.3, 0.4) is 0 Å². The minimum Gasteiger partial charge on any atom is -0.497 e. The summed E-state index contributed by atoms with van der Waals surface area (Å²) in [6.45, 7) is 8.83.